The van der Waals surface area contributed by atoms with E-state index in [1.165, 1.54) is 6.20 Å². The first-order valence-electron chi connectivity index (χ1n) is 4.02. The molecule has 0 radical (unpaired) electrons. The van der Waals surface area contributed by atoms with Gasteiger partial charge < -0.3 is 4.98 Å². The zero-order valence-corrected chi connectivity index (χ0v) is 7.30. The summed E-state index contributed by atoms with van der Waals surface area (Å²) in [6.07, 6.45) is -1.85. The molecule has 3 nitrogen and oxygen atoms in total. The molecule has 6 heteroatoms. The van der Waals surface area contributed by atoms with E-state index in [1.807, 2.05) is 0 Å². The van der Waals surface area contributed by atoms with E-state index < -0.39 is 11.7 Å². The third-order valence-electron chi connectivity index (χ3n) is 2.04. The van der Waals surface area contributed by atoms with Crippen molar-refractivity contribution in [2.75, 3.05) is 0 Å². The first-order chi connectivity index (χ1) is 7.04. The fourth-order valence-corrected chi connectivity index (χ4v) is 1.41. The Balaban J connectivity index is 2.84. The Labute approximate surface area is 81.9 Å². The van der Waals surface area contributed by atoms with Crippen LogP contribution in [0.25, 0.3) is 11.0 Å². The van der Waals surface area contributed by atoms with Crippen LogP contribution in [0.4, 0.5) is 13.2 Å². The SMILES string of the molecule is O=Cc1c[nH]c2nccc(C(F)(F)F)c12. The number of carbonyl (C=O) groups is 1. The van der Waals surface area contributed by atoms with Crippen LogP contribution in [0.1, 0.15) is 15.9 Å². The number of nitrogens with zero attached hydrogens (tertiary/aromatic N) is 1. The predicted octanol–water partition coefficient (Wildman–Crippen LogP) is 2.39. The predicted molar refractivity (Wildman–Crippen MR) is 46.5 cm³/mol. The minimum Gasteiger partial charge on any atom is -0.345 e. The standard InChI is InChI=1S/C9H5F3N2O/c10-9(11,12)6-1-2-13-8-7(6)5(4-15)3-14-8/h1-4H,(H,13,14). The van der Waals surface area contributed by atoms with E-state index in [1.54, 1.807) is 0 Å². The van der Waals surface area contributed by atoms with Gasteiger partial charge in [0.2, 0.25) is 0 Å². The number of fused-ring (bicyclic) bond motifs is 1. The second kappa shape index (κ2) is 3.08. The van der Waals surface area contributed by atoms with Crippen molar-refractivity contribution in [1.29, 1.82) is 0 Å². The number of hydrogen-bond donors (Lipinski definition) is 1. The highest BCUT2D eigenvalue weighted by atomic mass is 19.4. The second-order valence-electron chi connectivity index (χ2n) is 2.94. The molecule has 78 valence electrons. The molecule has 0 amide bonds. The number of aromatic nitrogens is 2. The molecule has 0 unspecified atom stereocenters. The lowest BCUT2D eigenvalue weighted by atomic mass is 10.1. The first kappa shape index (κ1) is 9.70. The Bertz CT molecular complexity index is 516. The summed E-state index contributed by atoms with van der Waals surface area (Å²) < 4.78 is 37.7. The second-order valence-corrected chi connectivity index (χ2v) is 2.94. The van der Waals surface area contributed by atoms with Gasteiger partial charge in [0.25, 0.3) is 0 Å². The number of alkyl halides is 3. The number of aldehydes is 1. The molecule has 2 aromatic heterocycles. The summed E-state index contributed by atoms with van der Waals surface area (Å²) in [6, 6.07) is 0.850. The molecule has 0 aliphatic carbocycles. The maximum atomic E-state index is 12.6. The van der Waals surface area contributed by atoms with E-state index in [9.17, 15) is 18.0 Å². The topological polar surface area (TPSA) is 45.8 Å². The van der Waals surface area contributed by atoms with Crippen LogP contribution in [0.5, 0.6) is 0 Å². The van der Waals surface area contributed by atoms with Gasteiger partial charge in [-0.25, -0.2) is 4.98 Å². The quantitative estimate of drug-likeness (QED) is 0.741. The first-order valence-corrected chi connectivity index (χ1v) is 4.02. The van der Waals surface area contributed by atoms with E-state index in [4.69, 9.17) is 0 Å². The number of halogens is 3. The Kier molecular flexibility index (Phi) is 1.99. The number of H-pyrrole nitrogens is 1. The van der Waals surface area contributed by atoms with Crippen molar-refractivity contribution in [1.82, 2.24) is 9.97 Å². The molecule has 15 heavy (non-hydrogen) atoms. The molecule has 0 fully saturated rings. The summed E-state index contributed by atoms with van der Waals surface area (Å²) in [6.45, 7) is 0. The molecule has 0 spiro atoms. The minimum atomic E-state index is -4.48. The molecule has 0 saturated heterocycles. The van der Waals surface area contributed by atoms with Crippen molar-refractivity contribution in [3.8, 4) is 0 Å². The van der Waals surface area contributed by atoms with Crippen LogP contribution in [0.3, 0.4) is 0 Å². The maximum Gasteiger partial charge on any atom is 0.417 e. The lowest BCUT2D eigenvalue weighted by Crippen LogP contribution is -2.06. The molecule has 2 rings (SSSR count). The molecule has 0 aliphatic heterocycles. The normalized spacial score (nSPS) is 11.9. The highest BCUT2D eigenvalue weighted by Gasteiger charge is 2.33. The molecular formula is C9H5F3N2O. The third kappa shape index (κ3) is 1.47. The Morgan fingerprint density at radius 3 is 2.73 bits per heavy atom. The molecule has 0 saturated carbocycles. The molecule has 0 aromatic carbocycles. The Hall–Kier alpha value is -1.85. The lowest BCUT2D eigenvalue weighted by Gasteiger charge is -2.07. The van der Waals surface area contributed by atoms with Gasteiger partial charge in [0.05, 0.1) is 5.56 Å². The van der Waals surface area contributed by atoms with Crippen molar-refractivity contribution < 1.29 is 18.0 Å². The number of hydrogen-bond acceptors (Lipinski definition) is 2. The highest BCUT2D eigenvalue weighted by molar-refractivity contribution is 5.97. The summed E-state index contributed by atoms with van der Waals surface area (Å²) in [4.78, 5) is 16.8. The maximum absolute atomic E-state index is 12.6. The molecule has 0 atom stereocenters. The number of rotatable bonds is 1. The fraction of sp³-hybridized carbons (Fsp3) is 0.111. The van der Waals surface area contributed by atoms with Crippen molar-refractivity contribution in [3.63, 3.8) is 0 Å². The largest absolute Gasteiger partial charge is 0.417 e. The van der Waals surface area contributed by atoms with Crippen LogP contribution in [0.15, 0.2) is 18.5 Å². The minimum absolute atomic E-state index is 0.0366. The number of nitrogens with one attached hydrogen (secondary N) is 1. The highest BCUT2D eigenvalue weighted by Crippen LogP contribution is 2.34. The van der Waals surface area contributed by atoms with Gasteiger partial charge in [-0.3, -0.25) is 4.79 Å². The smallest absolute Gasteiger partial charge is 0.345 e. The monoisotopic (exact) mass is 214 g/mol. The number of pyridine rings is 1. The van der Waals surface area contributed by atoms with E-state index in [2.05, 4.69) is 9.97 Å². The van der Waals surface area contributed by atoms with Crippen LogP contribution in [-0.4, -0.2) is 16.3 Å². The van der Waals surface area contributed by atoms with Gasteiger partial charge in [-0.1, -0.05) is 0 Å². The van der Waals surface area contributed by atoms with Crippen LogP contribution in [-0.2, 0) is 6.18 Å². The summed E-state index contributed by atoms with van der Waals surface area (Å²) in [5.41, 5.74) is -0.826. The van der Waals surface area contributed by atoms with Gasteiger partial charge in [0.15, 0.2) is 6.29 Å². The van der Waals surface area contributed by atoms with E-state index in [-0.39, 0.29) is 16.6 Å². The van der Waals surface area contributed by atoms with Crippen molar-refractivity contribution in [2.45, 2.75) is 6.18 Å². The summed E-state index contributed by atoms with van der Waals surface area (Å²) >= 11 is 0. The van der Waals surface area contributed by atoms with Gasteiger partial charge in [-0.05, 0) is 6.07 Å². The third-order valence-corrected chi connectivity index (χ3v) is 2.04. The Morgan fingerprint density at radius 2 is 2.13 bits per heavy atom. The molecule has 2 aromatic rings. The van der Waals surface area contributed by atoms with Crippen molar-refractivity contribution in [2.24, 2.45) is 0 Å². The van der Waals surface area contributed by atoms with Crippen molar-refractivity contribution >= 4 is 17.3 Å². The molecule has 0 bridgehead atoms. The van der Waals surface area contributed by atoms with Gasteiger partial charge in [-0.2, -0.15) is 13.2 Å². The average molecular weight is 214 g/mol. The number of aromatic amines is 1. The summed E-state index contributed by atoms with van der Waals surface area (Å²) in [7, 11) is 0. The zero-order valence-electron chi connectivity index (χ0n) is 7.30. The van der Waals surface area contributed by atoms with Crippen LogP contribution < -0.4 is 0 Å². The van der Waals surface area contributed by atoms with Gasteiger partial charge in [0.1, 0.15) is 5.65 Å². The average Bonchev–Trinajstić information content (AvgIpc) is 2.58. The molecule has 2 heterocycles. The van der Waals surface area contributed by atoms with E-state index >= 15 is 0 Å². The van der Waals surface area contributed by atoms with Gasteiger partial charge in [0, 0.05) is 23.3 Å². The Morgan fingerprint density at radius 1 is 1.40 bits per heavy atom. The lowest BCUT2D eigenvalue weighted by molar-refractivity contribution is -0.136. The van der Waals surface area contributed by atoms with E-state index in [0.717, 1.165) is 12.3 Å². The molecule has 0 aliphatic rings. The van der Waals surface area contributed by atoms with Crippen LogP contribution in [0.2, 0.25) is 0 Å². The molecule has 1 N–H and O–H groups in total. The van der Waals surface area contributed by atoms with Crippen molar-refractivity contribution in [3.05, 3.63) is 29.6 Å². The van der Waals surface area contributed by atoms with Gasteiger partial charge >= 0.3 is 6.18 Å². The van der Waals surface area contributed by atoms with E-state index in [0.29, 0.717) is 6.29 Å². The number of carbonyl (C=O) groups excluding carboxylic acids is 1. The summed E-state index contributed by atoms with van der Waals surface area (Å²) in [5.74, 6) is 0. The zero-order chi connectivity index (χ0) is 11.1. The fourth-order valence-electron chi connectivity index (χ4n) is 1.41. The summed E-state index contributed by atoms with van der Waals surface area (Å²) in [5, 5.41) is -0.181. The van der Waals surface area contributed by atoms with Crippen LogP contribution >= 0.6 is 0 Å². The van der Waals surface area contributed by atoms with Gasteiger partial charge in [-0.15, -0.1) is 0 Å². The van der Waals surface area contributed by atoms with Crippen LogP contribution in [0, 0.1) is 0 Å². The molecular weight excluding hydrogens is 209 g/mol.